The Labute approximate surface area is 221 Å². The molecule has 4 nitrogen and oxygen atoms in total. The van der Waals surface area contributed by atoms with Crippen molar-refractivity contribution in [2.45, 2.75) is 99.3 Å². The molecule has 0 aliphatic heterocycles. The Morgan fingerprint density at radius 1 is 1.03 bits per heavy atom. The van der Waals surface area contributed by atoms with Crippen molar-refractivity contribution < 1.29 is 0 Å². The highest BCUT2D eigenvalue weighted by molar-refractivity contribution is 5.48. The molecule has 1 unspecified atom stereocenters. The van der Waals surface area contributed by atoms with Crippen LogP contribution < -0.4 is 10.6 Å². The van der Waals surface area contributed by atoms with Gasteiger partial charge >= 0.3 is 0 Å². The first kappa shape index (κ1) is 29.7. The SMILES string of the molecule is C=C(CC1CCC(C)CC1)NCCCCN/C(=C/C(C)c1ccccc1C)n1ncc(C)c1C.CC. The summed E-state index contributed by atoms with van der Waals surface area (Å²) in [6.45, 7) is 21.3. The Hall–Kier alpha value is -2.49. The number of allylic oxidation sites excluding steroid dienone is 2. The van der Waals surface area contributed by atoms with Gasteiger partial charge in [0, 0.05) is 30.4 Å². The second-order valence-electron chi connectivity index (χ2n) is 10.5. The third-order valence-corrected chi connectivity index (χ3v) is 7.53. The van der Waals surface area contributed by atoms with Gasteiger partial charge in [-0.3, -0.25) is 0 Å². The molecule has 0 amide bonds. The van der Waals surface area contributed by atoms with E-state index in [1.54, 1.807) is 0 Å². The summed E-state index contributed by atoms with van der Waals surface area (Å²) in [6.07, 6.45) is 13.2. The largest absolute Gasteiger partial charge is 0.389 e. The van der Waals surface area contributed by atoms with Gasteiger partial charge in [-0.05, 0) is 87.5 Å². The summed E-state index contributed by atoms with van der Waals surface area (Å²) in [5.74, 6) is 3.13. The number of hydrogen-bond acceptors (Lipinski definition) is 3. The van der Waals surface area contributed by atoms with Crippen LogP contribution in [0.15, 0.2) is 48.8 Å². The number of aromatic nitrogens is 2. The zero-order chi connectivity index (χ0) is 26.5. The Morgan fingerprint density at radius 2 is 1.67 bits per heavy atom. The van der Waals surface area contributed by atoms with E-state index >= 15 is 0 Å². The lowest BCUT2D eigenvalue weighted by Gasteiger charge is -2.27. The smallest absolute Gasteiger partial charge is 0.124 e. The van der Waals surface area contributed by atoms with Crippen LogP contribution in [0.4, 0.5) is 0 Å². The van der Waals surface area contributed by atoms with Gasteiger partial charge in [-0.2, -0.15) is 5.10 Å². The van der Waals surface area contributed by atoms with Gasteiger partial charge in [0.1, 0.15) is 5.82 Å². The topological polar surface area (TPSA) is 41.9 Å². The number of nitrogens with one attached hydrogen (secondary N) is 2. The van der Waals surface area contributed by atoms with Crippen molar-refractivity contribution in [3.8, 4) is 0 Å². The summed E-state index contributed by atoms with van der Waals surface area (Å²) >= 11 is 0. The molecule has 3 rings (SSSR count). The number of rotatable bonds is 12. The molecule has 1 aliphatic carbocycles. The first-order chi connectivity index (χ1) is 17.3. The molecule has 1 saturated carbocycles. The third kappa shape index (κ3) is 9.19. The van der Waals surface area contributed by atoms with E-state index in [4.69, 9.17) is 0 Å². The van der Waals surface area contributed by atoms with Crippen LogP contribution >= 0.6 is 0 Å². The van der Waals surface area contributed by atoms with E-state index in [1.807, 2.05) is 20.0 Å². The fraction of sp³-hybridized carbons (Fsp3) is 0.594. The first-order valence-electron chi connectivity index (χ1n) is 14.3. The molecular weight excluding hydrogens is 440 g/mol. The number of benzene rings is 1. The van der Waals surface area contributed by atoms with Gasteiger partial charge in [0.15, 0.2) is 0 Å². The molecule has 0 radical (unpaired) electrons. The molecule has 1 aliphatic rings. The van der Waals surface area contributed by atoms with Crippen LogP contribution in [0.1, 0.15) is 101 Å². The molecule has 0 saturated heterocycles. The van der Waals surface area contributed by atoms with Crippen molar-refractivity contribution >= 4 is 5.82 Å². The molecule has 2 aromatic rings. The zero-order valence-corrected chi connectivity index (χ0v) is 24.2. The Balaban J connectivity index is 0.00000222. The highest BCUT2D eigenvalue weighted by atomic mass is 15.3. The molecule has 4 heteroatoms. The van der Waals surface area contributed by atoms with E-state index in [0.717, 1.165) is 50.0 Å². The van der Waals surface area contributed by atoms with Gasteiger partial charge in [0.25, 0.3) is 0 Å². The lowest BCUT2D eigenvalue weighted by Crippen LogP contribution is -2.23. The van der Waals surface area contributed by atoms with Gasteiger partial charge in [-0.15, -0.1) is 0 Å². The normalized spacial score (nSPS) is 18.7. The van der Waals surface area contributed by atoms with E-state index in [1.165, 1.54) is 53.8 Å². The van der Waals surface area contributed by atoms with Crippen molar-refractivity contribution in [3.63, 3.8) is 0 Å². The predicted molar refractivity (Wildman–Crippen MR) is 157 cm³/mol. The second kappa shape index (κ2) is 15.6. The summed E-state index contributed by atoms with van der Waals surface area (Å²) in [5, 5.41) is 11.9. The van der Waals surface area contributed by atoms with E-state index in [0.29, 0.717) is 5.92 Å². The van der Waals surface area contributed by atoms with E-state index in [9.17, 15) is 0 Å². The molecule has 1 aromatic carbocycles. The summed E-state index contributed by atoms with van der Waals surface area (Å²) in [7, 11) is 0. The monoisotopic (exact) mass is 492 g/mol. The molecular formula is C32H52N4. The Bertz CT molecular complexity index is 947. The quantitative estimate of drug-likeness (QED) is 0.294. The molecule has 1 atom stereocenters. The molecule has 1 fully saturated rings. The average molecular weight is 493 g/mol. The van der Waals surface area contributed by atoms with Crippen molar-refractivity contribution in [2.24, 2.45) is 11.8 Å². The van der Waals surface area contributed by atoms with E-state index < -0.39 is 0 Å². The van der Waals surface area contributed by atoms with Gasteiger partial charge < -0.3 is 10.6 Å². The lowest BCUT2D eigenvalue weighted by atomic mass is 9.81. The summed E-state index contributed by atoms with van der Waals surface area (Å²) in [4.78, 5) is 0. The molecule has 0 bridgehead atoms. The minimum Gasteiger partial charge on any atom is -0.389 e. The zero-order valence-electron chi connectivity index (χ0n) is 24.2. The molecule has 36 heavy (non-hydrogen) atoms. The van der Waals surface area contributed by atoms with Crippen LogP contribution in [0.3, 0.4) is 0 Å². The van der Waals surface area contributed by atoms with Gasteiger partial charge in [-0.1, -0.05) is 71.4 Å². The molecule has 2 N–H and O–H groups in total. The van der Waals surface area contributed by atoms with Crippen LogP contribution in [0.25, 0.3) is 5.82 Å². The Morgan fingerprint density at radius 3 is 2.28 bits per heavy atom. The number of nitrogens with zero attached hydrogens (tertiary/aromatic N) is 2. The summed E-state index contributed by atoms with van der Waals surface area (Å²) in [6, 6.07) is 8.64. The third-order valence-electron chi connectivity index (χ3n) is 7.53. The fourth-order valence-electron chi connectivity index (χ4n) is 5.05. The minimum atomic E-state index is 0.306. The van der Waals surface area contributed by atoms with Crippen molar-refractivity contribution in [2.75, 3.05) is 13.1 Å². The van der Waals surface area contributed by atoms with Crippen LogP contribution in [0.2, 0.25) is 0 Å². The molecule has 1 heterocycles. The molecule has 1 aromatic heterocycles. The maximum Gasteiger partial charge on any atom is 0.124 e. The Kier molecular flexibility index (Phi) is 12.9. The average Bonchev–Trinajstić information content (AvgIpc) is 3.21. The van der Waals surface area contributed by atoms with E-state index in [2.05, 4.69) is 92.0 Å². The van der Waals surface area contributed by atoms with Crippen molar-refractivity contribution in [1.29, 1.82) is 0 Å². The first-order valence-corrected chi connectivity index (χ1v) is 14.3. The van der Waals surface area contributed by atoms with E-state index in [-0.39, 0.29) is 0 Å². The van der Waals surface area contributed by atoms with Crippen molar-refractivity contribution in [1.82, 2.24) is 20.4 Å². The van der Waals surface area contributed by atoms with Gasteiger partial charge in [-0.25, -0.2) is 4.68 Å². The molecule has 200 valence electrons. The summed E-state index contributed by atoms with van der Waals surface area (Å²) < 4.78 is 2.05. The fourth-order valence-corrected chi connectivity index (χ4v) is 5.05. The summed E-state index contributed by atoms with van der Waals surface area (Å²) in [5.41, 5.74) is 6.31. The number of aryl methyl sites for hydroxylation is 2. The number of unbranched alkanes of at least 4 members (excludes halogenated alkanes) is 1. The predicted octanol–water partition coefficient (Wildman–Crippen LogP) is 8.13. The van der Waals surface area contributed by atoms with Crippen LogP contribution in [-0.2, 0) is 0 Å². The van der Waals surface area contributed by atoms with Gasteiger partial charge in [0.05, 0.1) is 6.20 Å². The highest BCUT2D eigenvalue weighted by Gasteiger charge is 2.18. The maximum absolute atomic E-state index is 4.65. The standard InChI is InChI=1S/C30H46N4.C2H6/c1-22-13-15-28(16-14-22)20-26(5)31-17-9-10-18-32-30(34-27(6)25(4)21-33-34)19-24(3)29-12-8-7-11-23(29)2;1-2/h7-8,11-12,19,21-22,24,28,31-32H,5,9-10,13-18,20H2,1-4,6H3;1-2H3/b30-19-;. The lowest BCUT2D eigenvalue weighted by molar-refractivity contribution is 0.286. The minimum absolute atomic E-state index is 0.306. The molecule has 0 spiro atoms. The van der Waals surface area contributed by atoms with Crippen LogP contribution in [0, 0.1) is 32.6 Å². The van der Waals surface area contributed by atoms with Crippen LogP contribution in [0.5, 0.6) is 0 Å². The van der Waals surface area contributed by atoms with Gasteiger partial charge in [0.2, 0.25) is 0 Å². The van der Waals surface area contributed by atoms with Crippen molar-refractivity contribution in [3.05, 3.63) is 71.2 Å². The second-order valence-corrected chi connectivity index (χ2v) is 10.5. The van der Waals surface area contributed by atoms with Crippen LogP contribution in [-0.4, -0.2) is 22.9 Å². The number of hydrogen-bond donors (Lipinski definition) is 2. The maximum atomic E-state index is 4.65. The highest BCUT2D eigenvalue weighted by Crippen LogP contribution is 2.31.